The van der Waals surface area contributed by atoms with Crippen LogP contribution < -0.4 is 0 Å². The van der Waals surface area contributed by atoms with Crippen molar-refractivity contribution in [3.05, 3.63) is 117 Å². The number of hydrogen-bond acceptors (Lipinski definition) is 1. The van der Waals surface area contributed by atoms with E-state index in [1.165, 1.54) is 12.2 Å². The molecule has 0 aliphatic rings. The molecule has 0 saturated heterocycles. The summed E-state index contributed by atoms with van der Waals surface area (Å²) in [4.78, 5) is 3.45. The van der Waals surface area contributed by atoms with E-state index < -0.39 is 11.6 Å². The SMILES string of the molecule is [C-]#[N+]/C(=C\c1cc(F)c(/C=C(\C#N)c2ccc(C)cc2)cc1F)c1ccc(C)cc1. The highest BCUT2D eigenvalue weighted by Crippen LogP contribution is 2.26. The number of hydrogen-bond donors (Lipinski definition) is 0. The average Bonchev–Trinajstić information content (AvgIpc) is 2.74. The molecule has 0 spiro atoms. The summed E-state index contributed by atoms with van der Waals surface area (Å²) in [6.07, 6.45) is 2.65. The summed E-state index contributed by atoms with van der Waals surface area (Å²) < 4.78 is 29.4. The molecule has 3 aromatic carbocycles. The van der Waals surface area contributed by atoms with Crippen molar-refractivity contribution >= 4 is 23.4 Å². The maximum Gasteiger partial charge on any atom is 0.194 e. The smallest absolute Gasteiger partial charge is 0.194 e. The minimum atomic E-state index is -0.671. The molecular formula is C26H18F2N2. The zero-order chi connectivity index (χ0) is 21.7. The van der Waals surface area contributed by atoms with Crippen LogP contribution >= 0.6 is 0 Å². The van der Waals surface area contributed by atoms with Gasteiger partial charge in [-0.25, -0.2) is 13.6 Å². The number of benzene rings is 3. The van der Waals surface area contributed by atoms with Gasteiger partial charge in [-0.05, 0) is 49.3 Å². The summed E-state index contributed by atoms with van der Waals surface area (Å²) in [6.45, 7) is 11.2. The van der Waals surface area contributed by atoms with Crippen molar-refractivity contribution in [3.8, 4) is 6.07 Å². The van der Waals surface area contributed by atoms with E-state index >= 15 is 0 Å². The summed E-state index contributed by atoms with van der Waals surface area (Å²) in [6, 6.07) is 18.6. The Balaban J connectivity index is 2.01. The molecule has 2 nitrogen and oxygen atoms in total. The number of aryl methyl sites for hydroxylation is 2. The van der Waals surface area contributed by atoms with Crippen molar-refractivity contribution in [2.75, 3.05) is 0 Å². The third kappa shape index (κ3) is 4.69. The molecule has 0 saturated carbocycles. The van der Waals surface area contributed by atoms with Crippen LogP contribution in [-0.2, 0) is 0 Å². The number of rotatable bonds is 4. The molecule has 0 heterocycles. The van der Waals surface area contributed by atoms with Crippen LogP contribution in [0.15, 0.2) is 60.7 Å². The van der Waals surface area contributed by atoms with Gasteiger partial charge in [-0.1, -0.05) is 59.7 Å². The summed E-state index contributed by atoms with van der Waals surface area (Å²) in [5.74, 6) is -1.34. The first-order valence-corrected chi connectivity index (χ1v) is 9.25. The minimum absolute atomic E-state index is 0.0231. The second-order valence-corrected chi connectivity index (χ2v) is 6.94. The fourth-order valence-corrected chi connectivity index (χ4v) is 2.92. The van der Waals surface area contributed by atoms with Crippen molar-refractivity contribution in [3.63, 3.8) is 0 Å². The zero-order valence-corrected chi connectivity index (χ0v) is 16.6. The zero-order valence-electron chi connectivity index (χ0n) is 16.6. The van der Waals surface area contributed by atoms with E-state index in [0.29, 0.717) is 11.1 Å². The van der Waals surface area contributed by atoms with Crippen molar-refractivity contribution < 1.29 is 8.78 Å². The fourth-order valence-electron chi connectivity index (χ4n) is 2.92. The Hall–Kier alpha value is -4.02. The van der Waals surface area contributed by atoms with E-state index in [-0.39, 0.29) is 22.4 Å². The molecule has 4 heteroatoms. The van der Waals surface area contributed by atoms with E-state index in [2.05, 4.69) is 4.85 Å². The van der Waals surface area contributed by atoms with Gasteiger partial charge in [0.05, 0.1) is 18.2 Å². The van der Waals surface area contributed by atoms with Gasteiger partial charge in [0.2, 0.25) is 0 Å². The Kier molecular flexibility index (Phi) is 6.20. The number of nitriles is 1. The third-order valence-corrected chi connectivity index (χ3v) is 4.66. The van der Waals surface area contributed by atoms with Gasteiger partial charge in [-0.15, -0.1) is 0 Å². The first-order chi connectivity index (χ1) is 14.4. The monoisotopic (exact) mass is 396 g/mol. The van der Waals surface area contributed by atoms with Crippen LogP contribution in [0.5, 0.6) is 0 Å². The van der Waals surface area contributed by atoms with Gasteiger partial charge in [-0.2, -0.15) is 5.26 Å². The van der Waals surface area contributed by atoms with Crippen LogP contribution in [0.25, 0.3) is 28.3 Å². The van der Waals surface area contributed by atoms with Gasteiger partial charge in [0.15, 0.2) is 5.70 Å². The maximum absolute atomic E-state index is 14.7. The lowest BCUT2D eigenvalue weighted by molar-refractivity contribution is 0.596. The van der Waals surface area contributed by atoms with E-state index in [9.17, 15) is 14.0 Å². The van der Waals surface area contributed by atoms with Gasteiger partial charge < -0.3 is 0 Å². The molecule has 0 unspecified atom stereocenters. The van der Waals surface area contributed by atoms with E-state index in [4.69, 9.17) is 6.57 Å². The van der Waals surface area contributed by atoms with Crippen molar-refractivity contribution in [2.45, 2.75) is 13.8 Å². The Morgan fingerprint density at radius 2 is 1.30 bits per heavy atom. The highest BCUT2D eigenvalue weighted by molar-refractivity contribution is 5.90. The summed E-state index contributed by atoms with van der Waals surface area (Å²) in [7, 11) is 0. The van der Waals surface area contributed by atoms with Crippen LogP contribution in [0.1, 0.15) is 33.4 Å². The molecule has 0 N–H and O–H groups in total. The third-order valence-electron chi connectivity index (χ3n) is 4.66. The second-order valence-electron chi connectivity index (χ2n) is 6.94. The number of halogens is 2. The maximum atomic E-state index is 14.7. The number of allylic oxidation sites excluding steroid dienone is 1. The van der Waals surface area contributed by atoms with Gasteiger partial charge in [-0.3, -0.25) is 0 Å². The Bertz CT molecular complexity index is 1120. The molecule has 0 aliphatic carbocycles. The van der Waals surface area contributed by atoms with Crippen LogP contribution in [0.4, 0.5) is 8.78 Å². The van der Waals surface area contributed by atoms with Gasteiger partial charge in [0, 0.05) is 11.1 Å². The lowest BCUT2D eigenvalue weighted by Crippen LogP contribution is -1.92. The molecule has 0 aromatic heterocycles. The lowest BCUT2D eigenvalue weighted by Gasteiger charge is -2.06. The minimum Gasteiger partial charge on any atom is -0.238 e. The van der Waals surface area contributed by atoms with Crippen LogP contribution in [0.2, 0.25) is 0 Å². The topological polar surface area (TPSA) is 28.1 Å². The van der Waals surface area contributed by atoms with Crippen LogP contribution in [0, 0.1) is 43.4 Å². The van der Waals surface area contributed by atoms with Crippen molar-refractivity contribution in [2.24, 2.45) is 0 Å². The fraction of sp³-hybridized carbons (Fsp3) is 0.0769. The predicted molar refractivity (Wildman–Crippen MR) is 117 cm³/mol. The van der Waals surface area contributed by atoms with Gasteiger partial charge in [0.25, 0.3) is 0 Å². The van der Waals surface area contributed by atoms with E-state index in [0.717, 1.165) is 23.3 Å². The highest BCUT2D eigenvalue weighted by Gasteiger charge is 2.11. The molecular weight excluding hydrogens is 378 g/mol. The molecule has 0 fully saturated rings. The molecule has 0 atom stereocenters. The first-order valence-electron chi connectivity index (χ1n) is 9.25. The molecule has 3 aromatic rings. The second kappa shape index (κ2) is 8.99. The lowest BCUT2D eigenvalue weighted by atomic mass is 10.0. The van der Waals surface area contributed by atoms with Crippen molar-refractivity contribution in [1.29, 1.82) is 5.26 Å². The molecule has 0 radical (unpaired) electrons. The molecule has 146 valence electrons. The molecule has 0 aliphatic heterocycles. The number of nitrogens with zero attached hydrogens (tertiary/aromatic N) is 2. The normalized spacial score (nSPS) is 11.7. The average molecular weight is 396 g/mol. The summed E-state index contributed by atoms with van der Waals surface area (Å²) >= 11 is 0. The van der Waals surface area contributed by atoms with Crippen LogP contribution in [0.3, 0.4) is 0 Å². The Labute approximate surface area is 174 Å². The standard InChI is InChI=1S/C26H18F2N2/c1-17-4-8-19(9-5-17)23(16-29)12-21-13-25(28)22(14-24(21)27)15-26(30-3)20-10-6-18(2)7-11-20/h4-15H,1-2H3/b23-12+,26-15-. The molecule has 30 heavy (non-hydrogen) atoms. The Morgan fingerprint density at radius 3 is 1.77 bits per heavy atom. The quantitative estimate of drug-likeness (QED) is 0.263. The Morgan fingerprint density at radius 1 is 0.833 bits per heavy atom. The first kappa shape index (κ1) is 20.7. The molecule has 0 bridgehead atoms. The largest absolute Gasteiger partial charge is 0.238 e. The van der Waals surface area contributed by atoms with Crippen molar-refractivity contribution in [1.82, 2.24) is 0 Å². The van der Waals surface area contributed by atoms with Gasteiger partial charge >= 0.3 is 0 Å². The summed E-state index contributed by atoms with van der Waals surface area (Å²) in [5, 5.41) is 9.44. The van der Waals surface area contributed by atoms with E-state index in [1.54, 1.807) is 24.3 Å². The van der Waals surface area contributed by atoms with Crippen LogP contribution in [-0.4, -0.2) is 0 Å². The molecule has 3 rings (SSSR count). The highest BCUT2D eigenvalue weighted by atomic mass is 19.1. The summed E-state index contributed by atoms with van der Waals surface area (Å²) in [5.41, 5.74) is 3.73. The van der Waals surface area contributed by atoms with Gasteiger partial charge in [0.1, 0.15) is 11.6 Å². The van der Waals surface area contributed by atoms with E-state index in [1.807, 2.05) is 44.2 Å². The molecule has 0 amide bonds. The predicted octanol–water partition coefficient (Wildman–Crippen LogP) is 7.06.